The van der Waals surface area contributed by atoms with Gasteiger partial charge in [-0.1, -0.05) is 77.6 Å². The van der Waals surface area contributed by atoms with Crippen LogP contribution in [-0.2, 0) is 36.2 Å². The molecule has 0 bridgehead atoms. The van der Waals surface area contributed by atoms with Gasteiger partial charge in [-0.15, -0.1) is 92.9 Å². The molecule has 0 saturated heterocycles. The Kier molecular flexibility index (Phi) is 20.7. The standard InChI is InChI=1S/2C14H17.2CH3.2ClH.Si.Zr/c2*1-4-5-12-7-6-11(3)13-8-10(2)9-14(12)13;;;;;;/h2*6-9H,4-5H2,1-3H3;2*1H3;2*1H;;/q4*-1;;;;. The van der Waals surface area contributed by atoms with Gasteiger partial charge in [0.15, 0.2) is 0 Å². The number of hydrogen-bond acceptors (Lipinski definition) is 0. The zero-order valence-corrected chi connectivity index (χ0v) is 27.4. The van der Waals surface area contributed by atoms with Crippen LogP contribution in [-0.4, -0.2) is 6.88 Å². The van der Waals surface area contributed by atoms with Crippen LogP contribution in [0, 0.1) is 42.5 Å². The summed E-state index contributed by atoms with van der Waals surface area (Å²) in [5, 5.41) is 5.80. The quantitative estimate of drug-likeness (QED) is 0.163. The molecule has 0 heterocycles. The number of halogens is 2. The Morgan fingerprint density at radius 2 is 0.971 bits per heavy atom. The summed E-state index contributed by atoms with van der Waals surface area (Å²) in [6, 6.07) is 18.3. The monoisotopic (exact) mass is 590 g/mol. The summed E-state index contributed by atoms with van der Waals surface area (Å²) in [5.74, 6) is 0. The first-order chi connectivity index (χ1) is 14.4. The molecule has 4 rings (SSSR count). The SMILES string of the molecule is CCCc1ccc(C)c2[cH-]c(C)cc12.CCCc1ccc(C)c2[cH-]c(C)cc12.Cl.Cl.[CH3-].[CH3-].[Si]=[Zr]. The molecule has 0 fully saturated rings. The molecule has 4 aromatic carbocycles. The van der Waals surface area contributed by atoms with E-state index in [1.807, 2.05) is 0 Å². The van der Waals surface area contributed by atoms with E-state index in [0.29, 0.717) is 0 Å². The molecule has 0 aromatic heterocycles. The number of benzene rings is 2. The van der Waals surface area contributed by atoms with E-state index >= 15 is 0 Å². The van der Waals surface area contributed by atoms with E-state index in [1.165, 1.54) is 104 Å². The molecule has 0 N–H and O–H groups in total. The van der Waals surface area contributed by atoms with Crippen molar-refractivity contribution in [2.24, 2.45) is 0 Å². The fourth-order valence-electron chi connectivity index (χ4n) is 4.27. The molecular weight excluding hydrogens is 551 g/mol. The van der Waals surface area contributed by atoms with Gasteiger partial charge in [-0.2, -0.15) is 12.1 Å². The second kappa shape index (κ2) is 18.6. The van der Waals surface area contributed by atoms with Crippen LogP contribution < -0.4 is 0 Å². The molecule has 34 heavy (non-hydrogen) atoms. The van der Waals surface area contributed by atoms with Crippen LogP contribution in [0.3, 0.4) is 0 Å². The Hall–Kier alpha value is -0.660. The Morgan fingerprint density at radius 1 is 0.647 bits per heavy atom. The number of fused-ring (bicyclic) bond motifs is 2. The van der Waals surface area contributed by atoms with E-state index in [9.17, 15) is 0 Å². The zero-order valence-electron chi connectivity index (χ0n) is 22.3. The van der Waals surface area contributed by atoms with Crippen molar-refractivity contribution in [3.8, 4) is 0 Å². The fraction of sp³-hybridized carbons (Fsp3) is 0.333. The van der Waals surface area contributed by atoms with Gasteiger partial charge in [0.1, 0.15) is 0 Å². The van der Waals surface area contributed by atoms with Gasteiger partial charge in [0.25, 0.3) is 0 Å². The van der Waals surface area contributed by atoms with Gasteiger partial charge >= 0.3 is 30.2 Å². The first-order valence-corrected chi connectivity index (χ1v) is 15.2. The summed E-state index contributed by atoms with van der Waals surface area (Å²) in [5.41, 5.74) is 8.56. The normalized spacial score (nSPS) is 9.21. The van der Waals surface area contributed by atoms with Crippen LogP contribution in [0.2, 0.25) is 0 Å². The summed E-state index contributed by atoms with van der Waals surface area (Å²) in [4.78, 5) is 0. The van der Waals surface area contributed by atoms with Crippen LogP contribution in [0.4, 0.5) is 0 Å². The second-order valence-electron chi connectivity index (χ2n) is 8.30. The van der Waals surface area contributed by atoms with Crippen LogP contribution in [0.1, 0.15) is 60.1 Å². The first-order valence-electron chi connectivity index (χ1n) is 11.0. The van der Waals surface area contributed by atoms with Gasteiger partial charge in [0.2, 0.25) is 0 Å². The maximum atomic E-state index is 3.06. The van der Waals surface area contributed by atoms with Crippen molar-refractivity contribution in [2.45, 2.75) is 67.2 Å². The van der Waals surface area contributed by atoms with E-state index in [0.717, 1.165) is 0 Å². The molecule has 0 aliphatic carbocycles. The molecule has 0 nitrogen and oxygen atoms in total. The second-order valence-corrected chi connectivity index (χ2v) is 8.30. The van der Waals surface area contributed by atoms with E-state index in [2.05, 4.69) is 97.0 Å². The Balaban J connectivity index is -0.000000475. The first kappa shape index (κ1) is 37.9. The van der Waals surface area contributed by atoms with Crippen molar-refractivity contribution >= 4 is 53.2 Å². The Labute approximate surface area is 239 Å². The number of aryl methyl sites for hydroxylation is 6. The summed E-state index contributed by atoms with van der Waals surface area (Å²) in [6.07, 6.45) is 4.84. The topological polar surface area (TPSA) is 0 Å². The number of rotatable bonds is 4. The van der Waals surface area contributed by atoms with E-state index in [1.54, 1.807) is 0 Å². The van der Waals surface area contributed by atoms with E-state index in [-0.39, 0.29) is 39.7 Å². The van der Waals surface area contributed by atoms with E-state index in [4.69, 9.17) is 0 Å². The van der Waals surface area contributed by atoms with E-state index < -0.39 is 0 Å². The fourth-order valence-corrected chi connectivity index (χ4v) is 4.27. The van der Waals surface area contributed by atoms with Gasteiger partial charge in [-0.25, -0.2) is 0 Å². The molecule has 0 atom stereocenters. The average molecular weight is 593 g/mol. The predicted octanol–water partition coefficient (Wildman–Crippen LogP) is 9.62. The zero-order chi connectivity index (χ0) is 22.3. The molecule has 4 aromatic rings. The third kappa shape index (κ3) is 9.42. The minimum atomic E-state index is 0. The Morgan fingerprint density at radius 3 is 1.26 bits per heavy atom. The molecule has 0 saturated carbocycles. The van der Waals surface area contributed by atoms with Crippen molar-refractivity contribution < 1.29 is 23.3 Å². The molecule has 0 unspecified atom stereocenters. The Bertz CT molecular complexity index is 1020. The summed E-state index contributed by atoms with van der Waals surface area (Å²) in [7, 11) is 0. The average Bonchev–Trinajstić information content (AvgIpc) is 3.32. The molecular formula is C30H42Cl2SiZr-4. The van der Waals surface area contributed by atoms with Crippen molar-refractivity contribution in [3.05, 3.63) is 96.8 Å². The van der Waals surface area contributed by atoms with Crippen LogP contribution in [0.5, 0.6) is 0 Å². The minimum absolute atomic E-state index is 0. The van der Waals surface area contributed by atoms with Crippen molar-refractivity contribution in [1.82, 2.24) is 0 Å². The van der Waals surface area contributed by atoms with Crippen molar-refractivity contribution in [2.75, 3.05) is 0 Å². The molecule has 0 amide bonds. The van der Waals surface area contributed by atoms with Gasteiger partial charge in [0.05, 0.1) is 0 Å². The van der Waals surface area contributed by atoms with Crippen molar-refractivity contribution in [3.63, 3.8) is 0 Å². The van der Waals surface area contributed by atoms with Crippen molar-refractivity contribution in [1.29, 1.82) is 0 Å². The van der Waals surface area contributed by atoms with Crippen LogP contribution >= 0.6 is 24.8 Å². The van der Waals surface area contributed by atoms with Gasteiger partial charge in [0, 0.05) is 0 Å². The van der Waals surface area contributed by atoms with Crippen LogP contribution in [0.25, 0.3) is 21.5 Å². The maximum absolute atomic E-state index is 3.06. The molecule has 4 heteroatoms. The molecule has 0 aliphatic heterocycles. The third-order valence-corrected chi connectivity index (χ3v) is 5.72. The summed E-state index contributed by atoms with van der Waals surface area (Å²) < 4.78 is 0. The third-order valence-electron chi connectivity index (χ3n) is 5.72. The van der Waals surface area contributed by atoms with Gasteiger partial charge in [-0.05, 0) is 12.8 Å². The molecule has 0 aliphatic rings. The van der Waals surface area contributed by atoms with Crippen LogP contribution in [0.15, 0.2) is 48.5 Å². The molecule has 188 valence electrons. The van der Waals surface area contributed by atoms with Gasteiger partial charge in [-0.3, -0.25) is 0 Å². The molecule has 2 radical (unpaired) electrons. The predicted molar refractivity (Wildman–Crippen MR) is 159 cm³/mol. The summed E-state index contributed by atoms with van der Waals surface area (Å²) in [6.45, 7) is 16.3. The molecule has 0 spiro atoms. The summed E-state index contributed by atoms with van der Waals surface area (Å²) >= 11 is 1.36. The number of hydrogen-bond donors (Lipinski definition) is 0. The van der Waals surface area contributed by atoms with Gasteiger partial charge < -0.3 is 14.9 Å².